The first-order valence-electron chi connectivity index (χ1n) is 10.5. The molecule has 152 valence electrons. The van der Waals surface area contributed by atoms with Gasteiger partial charge in [-0.1, -0.05) is 6.07 Å². The Bertz CT molecular complexity index is 725. The molecule has 28 heavy (non-hydrogen) atoms. The van der Waals surface area contributed by atoms with Gasteiger partial charge in [0.1, 0.15) is 0 Å². The van der Waals surface area contributed by atoms with Gasteiger partial charge in [0, 0.05) is 11.4 Å². The second-order valence-corrected chi connectivity index (χ2v) is 10.4. The molecule has 1 aromatic carbocycles. The van der Waals surface area contributed by atoms with E-state index in [0.717, 1.165) is 29.2 Å². The molecule has 1 N–H and O–H groups in total. The topological polar surface area (TPSA) is 55.4 Å². The molecule has 0 aromatic heterocycles. The van der Waals surface area contributed by atoms with E-state index >= 15 is 0 Å². The molecule has 0 unspecified atom stereocenters. The van der Waals surface area contributed by atoms with Crippen molar-refractivity contribution in [3.05, 3.63) is 29.3 Å². The Labute approximate surface area is 172 Å². The Hall–Kier alpha value is -1.49. The van der Waals surface area contributed by atoms with Gasteiger partial charge in [-0.3, -0.25) is 9.59 Å². The predicted octanol–water partition coefficient (Wildman–Crippen LogP) is 4.27. The van der Waals surface area contributed by atoms with Crippen molar-refractivity contribution >= 4 is 23.6 Å². The van der Waals surface area contributed by atoms with E-state index in [9.17, 15) is 9.59 Å². The van der Waals surface area contributed by atoms with Crippen LogP contribution in [0.3, 0.4) is 0 Å². The standard InChI is InChI=1S/C23H31NO3S/c1-15-3-4-20(5-16(15)2)28-13-22(26)27-12-21(25)24-14-23-9-17-6-18(10-23)8-19(7-17)11-23/h3-5,17-19H,6-14H2,1-2H3,(H,24,25). The van der Waals surface area contributed by atoms with E-state index in [-0.39, 0.29) is 24.2 Å². The molecule has 5 heteroatoms. The summed E-state index contributed by atoms with van der Waals surface area (Å²) >= 11 is 1.45. The summed E-state index contributed by atoms with van der Waals surface area (Å²) in [5.41, 5.74) is 2.76. The van der Waals surface area contributed by atoms with E-state index in [1.807, 2.05) is 6.07 Å². The lowest BCUT2D eigenvalue weighted by molar-refractivity contribution is -0.146. The van der Waals surface area contributed by atoms with Crippen LogP contribution in [0.2, 0.25) is 0 Å². The Kier molecular flexibility index (Phi) is 5.73. The molecule has 4 aliphatic carbocycles. The molecule has 0 atom stereocenters. The number of benzene rings is 1. The Morgan fingerprint density at radius 2 is 1.71 bits per heavy atom. The van der Waals surface area contributed by atoms with Crippen LogP contribution in [-0.2, 0) is 14.3 Å². The first-order chi connectivity index (χ1) is 13.4. The summed E-state index contributed by atoms with van der Waals surface area (Å²) in [5.74, 6) is 2.36. The fourth-order valence-electron chi connectivity index (χ4n) is 5.98. The third-order valence-corrected chi connectivity index (χ3v) is 7.99. The van der Waals surface area contributed by atoms with Gasteiger partial charge >= 0.3 is 5.97 Å². The molecule has 4 saturated carbocycles. The minimum Gasteiger partial charge on any atom is -0.455 e. The van der Waals surface area contributed by atoms with E-state index in [1.54, 1.807) is 0 Å². The van der Waals surface area contributed by atoms with E-state index < -0.39 is 0 Å². The average Bonchev–Trinajstić information content (AvgIpc) is 2.64. The van der Waals surface area contributed by atoms with Gasteiger partial charge in [-0.25, -0.2) is 0 Å². The molecule has 5 rings (SSSR count). The van der Waals surface area contributed by atoms with Crippen LogP contribution in [0.1, 0.15) is 49.7 Å². The number of carbonyl (C=O) groups is 2. The van der Waals surface area contributed by atoms with Crippen LogP contribution in [0.5, 0.6) is 0 Å². The summed E-state index contributed by atoms with van der Waals surface area (Å²) in [7, 11) is 0. The van der Waals surface area contributed by atoms with Crippen LogP contribution in [0.15, 0.2) is 23.1 Å². The van der Waals surface area contributed by atoms with Crippen LogP contribution in [0.4, 0.5) is 0 Å². The lowest BCUT2D eigenvalue weighted by atomic mass is 9.49. The third-order valence-electron chi connectivity index (χ3n) is 7.02. The molecular weight excluding hydrogens is 370 g/mol. The quantitative estimate of drug-likeness (QED) is 0.548. The monoisotopic (exact) mass is 401 g/mol. The number of ether oxygens (including phenoxy) is 1. The number of esters is 1. The minimum absolute atomic E-state index is 0.166. The zero-order valence-electron chi connectivity index (χ0n) is 17.0. The number of hydrogen-bond donors (Lipinski definition) is 1. The fraction of sp³-hybridized carbons (Fsp3) is 0.652. The fourth-order valence-corrected chi connectivity index (χ4v) is 6.77. The SMILES string of the molecule is Cc1ccc(SCC(=O)OCC(=O)NCC23CC4CC(CC(C4)C2)C3)cc1C. The van der Waals surface area contributed by atoms with Gasteiger partial charge < -0.3 is 10.1 Å². The van der Waals surface area contributed by atoms with E-state index in [2.05, 4.69) is 31.3 Å². The van der Waals surface area contributed by atoms with Crippen molar-refractivity contribution in [3.8, 4) is 0 Å². The van der Waals surface area contributed by atoms with Crippen molar-refractivity contribution in [3.63, 3.8) is 0 Å². The van der Waals surface area contributed by atoms with E-state index in [1.165, 1.54) is 61.4 Å². The molecule has 4 nitrogen and oxygen atoms in total. The summed E-state index contributed by atoms with van der Waals surface area (Å²) in [6, 6.07) is 6.14. The highest BCUT2D eigenvalue weighted by molar-refractivity contribution is 8.00. The Balaban J connectivity index is 1.17. The lowest BCUT2D eigenvalue weighted by Crippen LogP contribution is -2.51. The number of carbonyl (C=O) groups excluding carboxylic acids is 2. The summed E-state index contributed by atoms with van der Waals surface area (Å²) < 4.78 is 5.18. The predicted molar refractivity (Wildman–Crippen MR) is 111 cm³/mol. The molecule has 0 aliphatic heterocycles. The summed E-state index contributed by atoms with van der Waals surface area (Å²) in [5, 5.41) is 3.06. The van der Waals surface area contributed by atoms with E-state index in [0.29, 0.717) is 5.41 Å². The van der Waals surface area contributed by atoms with Crippen LogP contribution in [0.25, 0.3) is 0 Å². The Morgan fingerprint density at radius 1 is 1.07 bits per heavy atom. The number of hydrogen-bond acceptors (Lipinski definition) is 4. The van der Waals surface area contributed by atoms with Crippen molar-refractivity contribution in [1.29, 1.82) is 0 Å². The van der Waals surface area contributed by atoms with Crippen LogP contribution in [-0.4, -0.2) is 30.8 Å². The maximum absolute atomic E-state index is 12.2. The summed E-state index contributed by atoms with van der Waals surface area (Å²) in [6.45, 7) is 4.72. The molecule has 1 amide bonds. The first-order valence-corrected chi connectivity index (χ1v) is 11.5. The molecular formula is C23H31NO3S. The molecule has 1 aromatic rings. The summed E-state index contributed by atoms with van der Waals surface area (Å²) in [6.07, 6.45) is 8.03. The van der Waals surface area contributed by atoms with Crippen molar-refractivity contribution in [1.82, 2.24) is 5.32 Å². The average molecular weight is 402 g/mol. The van der Waals surface area contributed by atoms with Crippen LogP contribution < -0.4 is 5.32 Å². The van der Waals surface area contributed by atoms with Crippen molar-refractivity contribution in [2.75, 3.05) is 18.9 Å². The highest BCUT2D eigenvalue weighted by Gasteiger charge is 2.50. The lowest BCUT2D eigenvalue weighted by Gasteiger charge is -2.56. The van der Waals surface area contributed by atoms with Gasteiger partial charge in [0.05, 0.1) is 5.75 Å². The molecule has 0 heterocycles. The Morgan fingerprint density at radius 3 is 2.32 bits per heavy atom. The second kappa shape index (κ2) is 8.10. The second-order valence-electron chi connectivity index (χ2n) is 9.39. The zero-order valence-corrected chi connectivity index (χ0v) is 17.8. The number of nitrogens with one attached hydrogen (secondary N) is 1. The molecule has 4 fully saturated rings. The van der Waals surface area contributed by atoms with Gasteiger partial charge in [0.15, 0.2) is 6.61 Å². The zero-order chi connectivity index (χ0) is 19.7. The van der Waals surface area contributed by atoms with Crippen LogP contribution >= 0.6 is 11.8 Å². The molecule has 0 radical (unpaired) electrons. The maximum atomic E-state index is 12.2. The number of rotatable bonds is 7. The number of aryl methyl sites for hydroxylation is 2. The molecule has 4 aliphatic rings. The molecule has 4 bridgehead atoms. The molecule has 0 saturated heterocycles. The van der Waals surface area contributed by atoms with Crippen molar-refractivity contribution < 1.29 is 14.3 Å². The third kappa shape index (κ3) is 4.56. The molecule has 0 spiro atoms. The largest absolute Gasteiger partial charge is 0.455 e. The van der Waals surface area contributed by atoms with E-state index in [4.69, 9.17) is 4.74 Å². The highest BCUT2D eigenvalue weighted by atomic mass is 32.2. The maximum Gasteiger partial charge on any atom is 0.316 e. The van der Waals surface area contributed by atoms with Crippen molar-refractivity contribution in [2.24, 2.45) is 23.2 Å². The normalized spacial score (nSPS) is 30.3. The summed E-state index contributed by atoms with van der Waals surface area (Å²) in [4.78, 5) is 25.2. The number of amides is 1. The van der Waals surface area contributed by atoms with Gasteiger partial charge in [-0.05, 0) is 98.8 Å². The van der Waals surface area contributed by atoms with Crippen LogP contribution in [0, 0.1) is 37.0 Å². The minimum atomic E-state index is -0.340. The van der Waals surface area contributed by atoms with Gasteiger partial charge in [-0.2, -0.15) is 0 Å². The van der Waals surface area contributed by atoms with Gasteiger partial charge in [0.2, 0.25) is 0 Å². The van der Waals surface area contributed by atoms with Crippen molar-refractivity contribution in [2.45, 2.75) is 57.3 Å². The van der Waals surface area contributed by atoms with Gasteiger partial charge in [-0.15, -0.1) is 11.8 Å². The first kappa shape index (κ1) is 19.8. The highest BCUT2D eigenvalue weighted by Crippen LogP contribution is 2.59. The smallest absolute Gasteiger partial charge is 0.316 e. The number of thioether (sulfide) groups is 1. The van der Waals surface area contributed by atoms with Gasteiger partial charge in [0.25, 0.3) is 5.91 Å².